The molecule has 2 aliphatic rings. The maximum atomic E-state index is 11.9. The van der Waals surface area contributed by atoms with Gasteiger partial charge in [0.1, 0.15) is 18.4 Å². The van der Waals surface area contributed by atoms with Crippen molar-refractivity contribution in [1.82, 2.24) is 9.55 Å². The number of hydrogen-bond donors (Lipinski definition) is 1. The van der Waals surface area contributed by atoms with Crippen molar-refractivity contribution in [3.05, 3.63) is 33.1 Å². The number of nitrogens with one attached hydrogen (secondary N) is 1. The molecule has 1 aromatic rings. The van der Waals surface area contributed by atoms with Gasteiger partial charge in [0.05, 0.1) is 0 Å². The van der Waals surface area contributed by atoms with Gasteiger partial charge in [-0.3, -0.25) is 19.1 Å². The maximum absolute atomic E-state index is 11.9. The fourth-order valence-electron chi connectivity index (χ4n) is 2.82. The van der Waals surface area contributed by atoms with Gasteiger partial charge in [-0.2, -0.15) is 0 Å². The third kappa shape index (κ3) is 2.23. The fourth-order valence-corrected chi connectivity index (χ4v) is 2.82. The predicted octanol–water partition coefficient (Wildman–Crippen LogP) is -1.07. The van der Waals surface area contributed by atoms with E-state index in [-0.39, 0.29) is 5.92 Å². The number of ether oxygens (including phenoxy) is 3. The molecule has 9 nitrogen and oxygen atoms in total. The minimum Gasteiger partial charge on any atom is -0.456 e. The van der Waals surface area contributed by atoms with Crippen molar-refractivity contribution >= 4 is 11.9 Å². The van der Waals surface area contributed by atoms with Crippen LogP contribution in [0.3, 0.4) is 0 Å². The lowest BCUT2D eigenvalue weighted by molar-refractivity contribution is -0.166. The smallest absolute Gasteiger partial charge is 0.350 e. The molecule has 9 heteroatoms. The summed E-state index contributed by atoms with van der Waals surface area (Å²) in [6.45, 7) is 2.93. The molecule has 2 fully saturated rings. The van der Waals surface area contributed by atoms with Crippen LogP contribution >= 0.6 is 0 Å². The molecule has 0 aromatic carbocycles. The van der Waals surface area contributed by atoms with Crippen molar-refractivity contribution in [2.24, 2.45) is 5.92 Å². The van der Waals surface area contributed by atoms with Crippen LogP contribution in [-0.2, 0) is 23.8 Å². The highest BCUT2D eigenvalue weighted by molar-refractivity contribution is 5.81. The summed E-state index contributed by atoms with van der Waals surface area (Å²) < 4.78 is 17.1. The van der Waals surface area contributed by atoms with E-state index in [9.17, 15) is 19.2 Å². The lowest BCUT2D eigenvalue weighted by atomic mass is 10.0. The molecule has 2 saturated heterocycles. The van der Waals surface area contributed by atoms with Gasteiger partial charge in [0.2, 0.25) is 6.10 Å². The number of aromatic nitrogens is 2. The summed E-state index contributed by atoms with van der Waals surface area (Å²) in [6.07, 6.45) is -1.97. The average Bonchev–Trinajstić information content (AvgIpc) is 2.89. The first kappa shape index (κ1) is 14.5. The standard InChI is InChI=1S/C13H14N2O7/c1-5-8-9(10(12(18)22-8)20-6(2)16)21-11(5)15-4-3-7(17)14-13(15)19/h3-5,8-11H,1-2H3,(H,14,17,19)/t5-,8+,9-,10-,11+/m0/s1. The Morgan fingerprint density at radius 2 is 2.05 bits per heavy atom. The number of carbonyl (C=O) groups is 2. The fraction of sp³-hybridized carbons (Fsp3) is 0.538. The second kappa shape index (κ2) is 5.09. The molecule has 118 valence electrons. The van der Waals surface area contributed by atoms with Crippen LogP contribution in [0.1, 0.15) is 20.1 Å². The molecular weight excluding hydrogens is 296 g/mol. The molecule has 0 spiro atoms. The summed E-state index contributed by atoms with van der Waals surface area (Å²) in [4.78, 5) is 47.9. The quantitative estimate of drug-likeness (QED) is 0.691. The van der Waals surface area contributed by atoms with Crippen LogP contribution in [0.5, 0.6) is 0 Å². The van der Waals surface area contributed by atoms with Crippen molar-refractivity contribution in [2.45, 2.75) is 38.4 Å². The number of nitrogens with zero attached hydrogens (tertiary/aromatic N) is 1. The topological polar surface area (TPSA) is 117 Å². The van der Waals surface area contributed by atoms with Gasteiger partial charge in [0.25, 0.3) is 5.56 Å². The van der Waals surface area contributed by atoms with Crippen molar-refractivity contribution in [1.29, 1.82) is 0 Å². The molecule has 5 atom stereocenters. The van der Waals surface area contributed by atoms with Crippen LogP contribution in [0, 0.1) is 5.92 Å². The average molecular weight is 310 g/mol. The van der Waals surface area contributed by atoms with Gasteiger partial charge in [0, 0.05) is 25.1 Å². The highest BCUT2D eigenvalue weighted by Crippen LogP contribution is 2.41. The van der Waals surface area contributed by atoms with E-state index in [1.54, 1.807) is 6.92 Å². The zero-order chi connectivity index (χ0) is 16.0. The monoisotopic (exact) mass is 310 g/mol. The Bertz CT molecular complexity index is 736. The molecule has 0 amide bonds. The summed E-state index contributed by atoms with van der Waals surface area (Å²) in [5.41, 5.74) is -1.14. The number of aromatic amines is 1. The van der Waals surface area contributed by atoms with Gasteiger partial charge >= 0.3 is 17.6 Å². The molecule has 0 saturated carbocycles. The van der Waals surface area contributed by atoms with E-state index in [1.165, 1.54) is 23.8 Å². The predicted molar refractivity (Wildman–Crippen MR) is 69.8 cm³/mol. The van der Waals surface area contributed by atoms with Crippen LogP contribution in [0.15, 0.2) is 21.9 Å². The molecule has 0 unspecified atom stereocenters. The SMILES string of the molecule is CC(=O)O[C@@H]1C(=O)O[C@@H]2[C@H](C)[C@H](n3ccc(=O)[nH]c3=O)O[C@@H]21. The van der Waals surface area contributed by atoms with Crippen molar-refractivity contribution in [3.8, 4) is 0 Å². The van der Waals surface area contributed by atoms with Gasteiger partial charge in [-0.25, -0.2) is 9.59 Å². The maximum Gasteiger partial charge on any atom is 0.350 e. The van der Waals surface area contributed by atoms with Crippen molar-refractivity contribution < 1.29 is 23.8 Å². The van der Waals surface area contributed by atoms with Gasteiger partial charge < -0.3 is 14.2 Å². The Hall–Kier alpha value is -2.42. The Morgan fingerprint density at radius 1 is 1.32 bits per heavy atom. The minimum absolute atomic E-state index is 0.349. The van der Waals surface area contributed by atoms with E-state index in [0.29, 0.717) is 0 Å². The Kier molecular flexibility index (Phi) is 3.36. The minimum atomic E-state index is -1.14. The summed E-state index contributed by atoms with van der Waals surface area (Å²) in [5.74, 6) is -1.63. The second-order valence-corrected chi connectivity index (χ2v) is 5.30. The van der Waals surface area contributed by atoms with Gasteiger partial charge in [0.15, 0.2) is 0 Å². The third-order valence-electron chi connectivity index (χ3n) is 3.79. The van der Waals surface area contributed by atoms with E-state index in [1.807, 2.05) is 0 Å². The Labute approximate surface area is 123 Å². The zero-order valence-electron chi connectivity index (χ0n) is 11.8. The van der Waals surface area contributed by atoms with Gasteiger partial charge in [-0.1, -0.05) is 6.92 Å². The first-order valence-corrected chi connectivity index (χ1v) is 6.73. The van der Waals surface area contributed by atoms with E-state index in [4.69, 9.17) is 14.2 Å². The number of fused-ring (bicyclic) bond motifs is 1. The van der Waals surface area contributed by atoms with Crippen LogP contribution in [-0.4, -0.2) is 39.8 Å². The third-order valence-corrected chi connectivity index (χ3v) is 3.79. The van der Waals surface area contributed by atoms with Gasteiger partial charge in [-0.15, -0.1) is 0 Å². The number of esters is 2. The molecule has 22 heavy (non-hydrogen) atoms. The molecule has 0 bridgehead atoms. The van der Waals surface area contributed by atoms with E-state index < -0.39 is 47.7 Å². The normalized spacial score (nSPS) is 33.4. The van der Waals surface area contributed by atoms with Gasteiger partial charge in [-0.05, 0) is 0 Å². The molecule has 3 heterocycles. The van der Waals surface area contributed by atoms with Crippen LogP contribution < -0.4 is 11.2 Å². The van der Waals surface area contributed by atoms with Crippen molar-refractivity contribution in [3.63, 3.8) is 0 Å². The highest BCUT2D eigenvalue weighted by atomic mass is 16.7. The van der Waals surface area contributed by atoms with Crippen LogP contribution in [0.4, 0.5) is 0 Å². The summed E-state index contributed by atoms with van der Waals surface area (Å²) >= 11 is 0. The molecular formula is C13H14N2O7. The van der Waals surface area contributed by atoms with E-state index >= 15 is 0 Å². The number of H-pyrrole nitrogens is 1. The number of carbonyl (C=O) groups excluding carboxylic acids is 2. The Balaban J connectivity index is 1.90. The summed E-state index contributed by atoms with van der Waals surface area (Å²) in [6, 6.07) is 1.20. The lowest BCUT2D eigenvalue weighted by Crippen LogP contribution is -2.36. The molecule has 1 N–H and O–H groups in total. The number of hydrogen-bond acceptors (Lipinski definition) is 7. The van der Waals surface area contributed by atoms with Crippen LogP contribution in [0.25, 0.3) is 0 Å². The van der Waals surface area contributed by atoms with E-state index in [0.717, 1.165) is 0 Å². The van der Waals surface area contributed by atoms with Crippen molar-refractivity contribution in [2.75, 3.05) is 0 Å². The molecule has 0 radical (unpaired) electrons. The molecule has 0 aliphatic carbocycles. The molecule has 3 rings (SSSR count). The first-order chi connectivity index (χ1) is 10.4. The van der Waals surface area contributed by atoms with Crippen LogP contribution in [0.2, 0.25) is 0 Å². The summed E-state index contributed by atoms with van der Waals surface area (Å²) in [5, 5.41) is 0. The molecule has 1 aromatic heterocycles. The zero-order valence-corrected chi connectivity index (χ0v) is 11.8. The first-order valence-electron chi connectivity index (χ1n) is 6.73. The number of rotatable bonds is 2. The van der Waals surface area contributed by atoms with E-state index in [2.05, 4.69) is 4.98 Å². The molecule has 2 aliphatic heterocycles. The largest absolute Gasteiger partial charge is 0.456 e. The lowest BCUT2D eigenvalue weighted by Gasteiger charge is -2.20. The summed E-state index contributed by atoms with van der Waals surface area (Å²) in [7, 11) is 0. The Morgan fingerprint density at radius 3 is 2.68 bits per heavy atom. The highest BCUT2D eigenvalue weighted by Gasteiger charge is 2.57. The second-order valence-electron chi connectivity index (χ2n) is 5.30.